The molecule has 3 rings (SSSR count). The SMILES string of the molecule is CC(c1cncs1)N1CC(CCN)c2ccccc21. The average Bonchev–Trinajstić information content (AvgIpc) is 3.07. The number of anilines is 1. The molecule has 1 aliphatic rings. The molecule has 0 amide bonds. The monoisotopic (exact) mass is 273 g/mol. The highest BCUT2D eigenvalue weighted by Crippen LogP contribution is 2.42. The minimum atomic E-state index is 0.386. The Morgan fingerprint density at radius 2 is 2.32 bits per heavy atom. The molecule has 2 aromatic rings. The number of rotatable bonds is 4. The van der Waals surface area contributed by atoms with E-state index in [1.54, 1.807) is 11.3 Å². The molecule has 19 heavy (non-hydrogen) atoms. The Bertz CT molecular complexity index is 538. The van der Waals surface area contributed by atoms with Gasteiger partial charge in [-0.15, -0.1) is 11.3 Å². The van der Waals surface area contributed by atoms with Crippen LogP contribution < -0.4 is 10.6 Å². The van der Waals surface area contributed by atoms with Gasteiger partial charge in [-0.3, -0.25) is 4.98 Å². The molecule has 0 aliphatic carbocycles. The number of hydrogen-bond acceptors (Lipinski definition) is 4. The molecule has 0 radical (unpaired) electrons. The summed E-state index contributed by atoms with van der Waals surface area (Å²) in [6.45, 7) is 4.08. The summed E-state index contributed by atoms with van der Waals surface area (Å²) in [5.41, 5.74) is 10.5. The minimum absolute atomic E-state index is 0.386. The van der Waals surface area contributed by atoms with E-state index in [4.69, 9.17) is 5.73 Å². The number of fused-ring (bicyclic) bond motifs is 1. The summed E-state index contributed by atoms with van der Waals surface area (Å²) in [5, 5.41) is 0. The Morgan fingerprint density at radius 1 is 1.47 bits per heavy atom. The van der Waals surface area contributed by atoms with Gasteiger partial charge < -0.3 is 10.6 Å². The van der Waals surface area contributed by atoms with Gasteiger partial charge in [-0.1, -0.05) is 18.2 Å². The first-order chi connectivity index (χ1) is 9.31. The number of hydrogen-bond donors (Lipinski definition) is 1. The zero-order valence-electron chi connectivity index (χ0n) is 11.1. The predicted octanol–water partition coefficient (Wildman–Crippen LogP) is 3.16. The van der Waals surface area contributed by atoms with Crippen LogP contribution in [0, 0.1) is 0 Å². The Morgan fingerprint density at radius 3 is 3.05 bits per heavy atom. The molecule has 1 aromatic heterocycles. The van der Waals surface area contributed by atoms with Crippen molar-refractivity contribution in [2.45, 2.75) is 25.3 Å². The Labute approximate surface area is 118 Å². The van der Waals surface area contributed by atoms with E-state index in [0.29, 0.717) is 12.0 Å². The van der Waals surface area contributed by atoms with Crippen molar-refractivity contribution in [1.29, 1.82) is 0 Å². The number of thiazole rings is 1. The molecule has 1 aromatic carbocycles. The van der Waals surface area contributed by atoms with Gasteiger partial charge in [0.05, 0.1) is 11.6 Å². The second-order valence-electron chi connectivity index (χ2n) is 5.07. The lowest BCUT2D eigenvalue weighted by atomic mass is 9.98. The van der Waals surface area contributed by atoms with Gasteiger partial charge in [0.1, 0.15) is 0 Å². The molecule has 2 N–H and O–H groups in total. The van der Waals surface area contributed by atoms with Crippen molar-refractivity contribution in [2.24, 2.45) is 5.73 Å². The molecule has 3 nitrogen and oxygen atoms in total. The van der Waals surface area contributed by atoms with E-state index in [2.05, 4.69) is 41.1 Å². The van der Waals surface area contributed by atoms with Crippen LogP contribution >= 0.6 is 11.3 Å². The number of benzene rings is 1. The van der Waals surface area contributed by atoms with Gasteiger partial charge in [0.2, 0.25) is 0 Å². The molecule has 1 aliphatic heterocycles. The summed E-state index contributed by atoms with van der Waals surface area (Å²) >= 11 is 1.73. The van der Waals surface area contributed by atoms with Crippen LogP contribution in [0.3, 0.4) is 0 Å². The summed E-state index contributed by atoms with van der Waals surface area (Å²) in [4.78, 5) is 8.01. The molecule has 0 spiro atoms. The zero-order valence-corrected chi connectivity index (χ0v) is 11.9. The van der Waals surface area contributed by atoms with E-state index >= 15 is 0 Å². The maximum absolute atomic E-state index is 5.76. The molecule has 2 atom stereocenters. The van der Waals surface area contributed by atoms with E-state index in [0.717, 1.165) is 19.5 Å². The zero-order chi connectivity index (χ0) is 13.2. The first-order valence-electron chi connectivity index (χ1n) is 6.75. The highest BCUT2D eigenvalue weighted by atomic mass is 32.1. The molecule has 0 bridgehead atoms. The lowest BCUT2D eigenvalue weighted by molar-refractivity contribution is 0.610. The van der Waals surface area contributed by atoms with Gasteiger partial charge in [-0.25, -0.2) is 0 Å². The molecule has 100 valence electrons. The van der Waals surface area contributed by atoms with Gasteiger partial charge in [0, 0.05) is 29.2 Å². The molecule has 4 heteroatoms. The van der Waals surface area contributed by atoms with E-state index in [1.807, 2.05) is 11.7 Å². The van der Waals surface area contributed by atoms with Gasteiger partial charge in [0.25, 0.3) is 0 Å². The lowest BCUT2D eigenvalue weighted by Gasteiger charge is -2.26. The smallest absolute Gasteiger partial charge is 0.0795 e. The van der Waals surface area contributed by atoms with Gasteiger partial charge in [-0.2, -0.15) is 0 Å². The fourth-order valence-corrected chi connectivity index (χ4v) is 3.62. The van der Waals surface area contributed by atoms with Crippen LogP contribution in [0.15, 0.2) is 36.0 Å². The van der Waals surface area contributed by atoms with Gasteiger partial charge >= 0.3 is 0 Å². The molecule has 2 heterocycles. The van der Waals surface area contributed by atoms with Crippen molar-refractivity contribution in [2.75, 3.05) is 18.0 Å². The number of nitrogens with zero attached hydrogens (tertiary/aromatic N) is 2. The molecular weight excluding hydrogens is 254 g/mol. The van der Waals surface area contributed by atoms with E-state index in [1.165, 1.54) is 16.1 Å². The van der Waals surface area contributed by atoms with E-state index in [9.17, 15) is 0 Å². The summed E-state index contributed by atoms with van der Waals surface area (Å²) < 4.78 is 0. The Balaban J connectivity index is 1.92. The number of nitrogens with two attached hydrogens (primary N) is 1. The third-order valence-electron chi connectivity index (χ3n) is 3.95. The quantitative estimate of drug-likeness (QED) is 0.930. The predicted molar refractivity (Wildman–Crippen MR) is 80.7 cm³/mol. The van der Waals surface area contributed by atoms with Crippen molar-refractivity contribution < 1.29 is 0 Å². The summed E-state index contributed by atoms with van der Waals surface area (Å²) in [6, 6.07) is 9.11. The molecule has 0 fully saturated rings. The third-order valence-corrected chi connectivity index (χ3v) is 4.89. The number of para-hydroxylation sites is 1. The highest BCUT2D eigenvalue weighted by molar-refractivity contribution is 7.09. The minimum Gasteiger partial charge on any atom is -0.363 e. The molecule has 0 saturated heterocycles. The normalized spacial score (nSPS) is 19.5. The fraction of sp³-hybridized carbons (Fsp3) is 0.400. The second kappa shape index (κ2) is 5.31. The van der Waals surface area contributed by atoms with Crippen LogP contribution in [0.25, 0.3) is 0 Å². The average molecular weight is 273 g/mol. The largest absolute Gasteiger partial charge is 0.363 e. The van der Waals surface area contributed by atoms with Crippen LogP contribution in [-0.4, -0.2) is 18.1 Å². The van der Waals surface area contributed by atoms with Gasteiger partial charge in [0.15, 0.2) is 0 Å². The van der Waals surface area contributed by atoms with Crippen molar-refractivity contribution in [3.8, 4) is 0 Å². The molecule has 0 saturated carbocycles. The summed E-state index contributed by atoms with van der Waals surface area (Å²) in [7, 11) is 0. The highest BCUT2D eigenvalue weighted by Gasteiger charge is 2.31. The van der Waals surface area contributed by atoms with Crippen molar-refractivity contribution in [3.05, 3.63) is 46.4 Å². The summed E-state index contributed by atoms with van der Waals surface area (Å²) in [5.74, 6) is 0.566. The van der Waals surface area contributed by atoms with Crippen molar-refractivity contribution >= 4 is 17.0 Å². The van der Waals surface area contributed by atoms with Crippen LogP contribution in [0.5, 0.6) is 0 Å². The number of aromatic nitrogens is 1. The Hall–Kier alpha value is -1.39. The van der Waals surface area contributed by atoms with Crippen LogP contribution in [0.1, 0.15) is 35.7 Å². The van der Waals surface area contributed by atoms with Crippen LogP contribution in [0.2, 0.25) is 0 Å². The van der Waals surface area contributed by atoms with Crippen LogP contribution in [0.4, 0.5) is 5.69 Å². The maximum Gasteiger partial charge on any atom is 0.0795 e. The lowest BCUT2D eigenvalue weighted by Crippen LogP contribution is -2.25. The van der Waals surface area contributed by atoms with Gasteiger partial charge in [-0.05, 0) is 31.5 Å². The van der Waals surface area contributed by atoms with Crippen molar-refractivity contribution in [1.82, 2.24) is 4.98 Å². The topological polar surface area (TPSA) is 42.2 Å². The van der Waals surface area contributed by atoms with Crippen molar-refractivity contribution in [3.63, 3.8) is 0 Å². The standard InChI is InChI=1S/C15H19N3S/c1-11(15-8-17-10-19-15)18-9-12(6-7-16)13-4-2-3-5-14(13)18/h2-5,8,10-12H,6-7,9,16H2,1H3. The first-order valence-corrected chi connectivity index (χ1v) is 7.63. The Kier molecular flexibility index (Phi) is 3.53. The summed E-state index contributed by atoms with van der Waals surface area (Å²) in [6.07, 6.45) is 3.04. The van der Waals surface area contributed by atoms with E-state index in [-0.39, 0.29) is 0 Å². The molecule has 2 unspecified atom stereocenters. The first kappa shape index (κ1) is 12.6. The fourth-order valence-electron chi connectivity index (χ4n) is 2.93. The maximum atomic E-state index is 5.76. The van der Waals surface area contributed by atoms with Crippen LogP contribution in [-0.2, 0) is 0 Å². The third kappa shape index (κ3) is 2.26. The molecular formula is C15H19N3S. The second-order valence-corrected chi connectivity index (χ2v) is 5.98. The van der Waals surface area contributed by atoms with E-state index < -0.39 is 0 Å².